The Balaban J connectivity index is 1.71. The summed E-state index contributed by atoms with van der Waals surface area (Å²) in [6.07, 6.45) is -0.687. The van der Waals surface area contributed by atoms with Crippen LogP contribution in [0.25, 0.3) is 16.9 Å². The lowest BCUT2D eigenvalue weighted by Gasteiger charge is -2.10. The lowest BCUT2D eigenvalue weighted by molar-refractivity contribution is -0.136. The van der Waals surface area contributed by atoms with E-state index in [0.29, 0.717) is 24.2 Å². The van der Waals surface area contributed by atoms with Crippen LogP contribution in [-0.4, -0.2) is 24.1 Å². The van der Waals surface area contributed by atoms with E-state index in [9.17, 15) is 21.6 Å². The number of imidazole rings is 1. The van der Waals surface area contributed by atoms with Crippen molar-refractivity contribution in [1.29, 1.82) is 0 Å². The van der Waals surface area contributed by atoms with E-state index in [4.69, 9.17) is 0 Å². The predicted octanol–water partition coefficient (Wildman–Crippen LogP) is 5.58. The zero-order valence-electron chi connectivity index (χ0n) is 17.5. The largest absolute Gasteiger partial charge is 0.419 e. The molecule has 4 nitrogen and oxygen atoms in total. The Bertz CT molecular complexity index is 1390. The summed E-state index contributed by atoms with van der Waals surface area (Å²) in [4.78, 5) is 4.55. The van der Waals surface area contributed by atoms with Crippen molar-refractivity contribution in [1.82, 2.24) is 9.38 Å². The summed E-state index contributed by atoms with van der Waals surface area (Å²) in [6, 6.07) is 16.7. The first-order chi connectivity index (χ1) is 15.1. The number of rotatable bonds is 5. The van der Waals surface area contributed by atoms with Gasteiger partial charge in [-0.2, -0.15) is 13.2 Å². The van der Waals surface area contributed by atoms with E-state index < -0.39 is 21.6 Å². The van der Waals surface area contributed by atoms with Gasteiger partial charge in [-0.1, -0.05) is 43.3 Å². The lowest BCUT2D eigenvalue weighted by atomic mass is 10.0. The molecule has 32 heavy (non-hydrogen) atoms. The Kier molecular flexibility index (Phi) is 5.58. The second-order valence-electron chi connectivity index (χ2n) is 7.67. The summed E-state index contributed by atoms with van der Waals surface area (Å²) in [6.45, 7) is 1.86. The molecule has 4 rings (SSSR count). The third-order valence-corrected chi connectivity index (χ3v) is 6.43. The van der Waals surface area contributed by atoms with Crippen molar-refractivity contribution in [3.8, 4) is 11.3 Å². The number of benzene rings is 2. The van der Waals surface area contributed by atoms with E-state index in [2.05, 4.69) is 4.98 Å². The smallest absolute Gasteiger partial charge is 0.299 e. The first kappa shape index (κ1) is 22.1. The van der Waals surface area contributed by atoms with Crippen LogP contribution in [0.15, 0.2) is 71.8 Å². The quantitative estimate of drug-likeness (QED) is 0.393. The van der Waals surface area contributed by atoms with E-state index in [1.165, 1.54) is 16.7 Å². The Morgan fingerprint density at radius 3 is 2.31 bits per heavy atom. The molecular formula is C24H21F3N2O2S. The maximum absolute atomic E-state index is 13.4. The first-order valence-electron chi connectivity index (χ1n) is 10.0. The van der Waals surface area contributed by atoms with Gasteiger partial charge in [0.2, 0.25) is 0 Å². The van der Waals surface area contributed by atoms with E-state index in [0.717, 1.165) is 22.8 Å². The van der Waals surface area contributed by atoms with Gasteiger partial charge in [0.15, 0.2) is 9.84 Å². The maximum Gasteiger partial charge on any atom is 0.419 e. The third-order valence-electron chi connectivity index (χ3n) is 5.32. The van der Waals surface area contributed by atoms with Crippen molar-refractivity contribution in [3.05, 3.63) is 89.2 Å². The van der Waals surface area contributed by atoms with E-state index in [1.807, 2.05) is 37.3 Å². The van der Waals surface area contributed by atoms with Gasteiger partial charge in [-0.05, 0) is 48.2 Å². The molecule has 2 heterocycles. The van der Waals surface area contributed by atoms with E-state index in [1.54, 1.807) is 24.4 Å². The molecule has 0 aliphatic heterocycles. The van der Waals surface area contributed by atoms with Crippen molar-refractivity contribution in [3.63, 3.8) is 0 Å². The molecule has 0 fully saturated rings. The van der Waals surface area contributed by atoms with Crippen LogP contribution in [0.5, 0.6) is 0 Å². The number of alkyl halides is 3. The van der Waals surface area contributed by atoms with Crippen LogP contribution in [0.4, 0.5) is 13.2 Å². The van der Waals surface area contributed by atoms with Crippen LogP contribution in [0.1, 0.15) is 29.3 Å². The van der Waals surface area contributed by atoms with Gasteiger partial charge < -0.3 is 0 Å². The van der Waals surface area contributed by atoms with Crippen LogP contribution in [-0.2, 0) is 28.9 Å². The molecule has 0 saturated carbocycles. The normalized spacial score (nSPS) is 12.4. The monoisotopic (exact) mass is 458 g/mol. The minimum atomic E-state index is -4.49. The second-order valence-corrected chi connectivity index (χ2v) is 9.68. The fourth-order valence-corrected chi connectivity index (χ4v) is 4.48. The summed E-state index contributed by atoms with van der Waals surface area (Å²) in [7, 11) is -3.29. The van der Waals surface area contributed by atoms with Gasteiger partial charge in [0, 0.05) is 18.0 Å². The SMILES string of the molecule is CCc1nc2c(C(F)(F)F)cccn2c1-c1ccc(Cc2cccc(S(C)(=O)=O)c2)cc1. The van der Waals surface area contributed by atoms with Gasteiger partial charge >= 0.3 is 6.18 Å². The number of hydrogen-bond acceptors (Lipinski definition) is 3. The predicted molar refractivity (Wildman–Crippen MR) is 117 cm³/mol. The first-order valence-corrected chi connectivity index (χ1v) is 11.9. The number of fused-ring (bicyclic) bond motifs is 1. The topological polar surface area (TPSA) is 51.4 Å². The van der Waals surface area contributed by atoms with Crippen molar-refractivity contribution >= 4 is 15.5 Å². The zero-order valence-corrected chi connectivity index (χ0v) is 18.3. The molecule has 0 bridgehead atoms. The molecular weight excluding hydrogens is 437 g/mol. The van der Waals surface area contributed by atoms with Crippen LogP contribution < -0.4 is 0 Å². The number of hydrogen-bond donors (Lipinski definition) is 0. The summed E-state index contributed by atoms with van der Waals surface area (Å²) in [5.74, 6) is 0. The van der Waals surface area contributed by atoms with Crippen LogP contribution in [0.3, 0.4) is 0 Å². The standard InChI is InChI=1S/C24H21F3N2O2S/c1-3-21-22(29-13-5-8-20(23(29)28-21)24(25,26)27)18-11-9-16(10-12-18)14-17-6-4-7-19(15-17)32(2,30)31/h4-13,15H,3,14H2,1-2H3. The highest BCUT2D eigenvalue weighted by molar-refractivity contribution is 7.90. The molecule has 0 unspecified atom stereocenters. The molecule has 0 radical (unpaired) electrons. The van der Waals surface area contributed by atoms with Crippen LogP contribution in [0, 0.1) is 0 Å². The van der Waals surface area contributed by atoms with Gasteiger partial charge in [-0.15, -0.1) is 0 Å². The molecule has 2 aromatic heterocycles. The molecule has 0 amide bonds. The summed E-state index contributed by atoms with van der Waals surface area (Å²) in [5, 5.41) is 0. The Hall–Kier alpha value is -3.13. The molecule has 0 saturated heterocycles. The Labute approximate surface area is 184 Å². The van der Waals surface area contributed by atoms with Gasteiger partial charge in [0.05, 0.1) is 21.8 Å². The van der Waals surface area contributed by atoms with Gasteiger partial charge in [0.25, 0.3) is 0 Å². The average Bonchev–Trinajstić information content (AvgIpc) is 3.12. The molecule has 4 aromatic rings. The summed E-state index contributed by atoms with van der Waals surface area (Å²) in [5.41, 5.74) is 2.95. The lowest BCUT2D eigenvalue weighted by Crippen LogP contribution is -2.07. The molecule has 2 aromatic carbocycles. The highest BCUT2D eigenvalue weighted by Gasteiger charge is 2.34. The zero-order chi connectivity index (χ0) is 23.1. The number of sulfone groups is 1. The molecule has 0 spiro atoms. The minimum Gasteiger partial charge on any atom is -0.299 e. The van der Waals surface area contributed by atoms with Crippen molar-refractivity contribution in [2.24, 2.45) is 0 Å². The Morgan fingerprint density at radius 2 is 1.69 bits per heavy atom. The van der Waals surface area contributed by atoms with Crippen LogP contribution >= 0.6 is 0 Å². The van der Waals surface area contributed by atoms with E-state index >= 15 is 0 Å². The van der Waals surface area contributed by atoms with Crippen molar-refractivity contribution in [2.75, 3.05) is 6.26 Å². The fourth-order valence-electron chi connectivity index (χ4n) is 3.79. The number of halogens is 3. The van der Waals surface area contributed by atoms with Gasteiger partial charge in [-0.3, -0.25) is 4.40 Å². The Morgan fingerprint density at radius 1 is 0.969 bits per heavy atom. The van der Waals surface area contributed by atoms with Crippen molar-refractivity contribution < 1.29 is 21.6 Å². The number of aromatic nitrogens is 2. The molecule has 0 aliphatic carbocycles. The highest BCUT2D eigenvalue weighted by atomic mass is 32.2. The maximum atomic E-state index is 13.4. The van der Waals surface area contributed by atoms with Gasteiger partial charge in [-0.25, -0.2) is 13.4 Å². The molecule has 0 atom stereocenters. The highest BCUT2D eigenvalue weighted by Crippen LogP contribution is 2.35. The van der Waals surface area contributed by atoms with Crippen molar-refractivity contribution in [2.45, 2.75) is 30.8 Å². The minimum absolute atomic E-state index is 0.103. The van der Waals surface area contributed by atoms with Gasteiger partial charge in [0.1, 0.15) is 5.65 Å². The third kappa shape index (κ3) is 4.27. The van der Waals surface area contributed by atoms with Crippen LogP contribution in [0.2, 0.25) is 0 Å². The summed E-state index contributed by atoms with van der Waals surface area (Å²) < 4.78 is 65.4. The molecule has 0 N–H and O–H groups in total. The molecule has 0 aliphatic rings. The number of nitrogens with zero attached hydrogens (tertiary/aromatic N) is 2. The fraction of sp³-hybridized carbons (Fsp3) is 0.208. The average molecular weight is 459 g/mol. The second kappa shape index (κ2) is 8.09. The molecule has 166 valence electrons. The number of aryl methyl sites for hydroxylation is 1. The van der Waals surface area contributed by atoms with E-state index in [-0.39, 0.29) is 10.5 Å². The molecule has 8 heteroatoms. The number of pyridine rings is 1. The summed E-state index contributed by atoms with van der Waals surface area (Å²) >= 11 is 0.